The molecule has 0 amide bonds. The number of rotatable bonds is 3. The van der Waals surface area contributed by atoms with Gasteiger partial charge in [-0.3, -0.25) is 4.90 Å². The number of piperidine rings is 1. The van der Waals surface area contributed by atoms with Gasteiger partial charge in [0.1, 0.15) is 0 Å². The van der Waals surface area contributed by atoms with E-state index in [4.69, 9.17) is 0 Å². The zero-order chi connectivity index (χ0) is 14.8. The van der Waals surface area contributed by atoms with E-state index in [1.54, 1.807) is 6.07 Å². The number of phenols is 2. The van der Waals surface area contributed by atoms with E-state index in [1.807, 2.05) is 6.07 Å². The fourth-order valence-electron chi connectivity index (χ4n) is 2.70. The summed E-state index contributed by atoms with van der Waals surface area (Å²) >= 11 is 0. The summed E-state index contributed by atoms with van der Waals surface area (Å²) in [4.78, 5) is 2.53. The van der Waals surface area contributed by atoms with Crippen LogP contribution in [0.25, 0.3) is 0 Å². The highest BCUT2D eigenvalue weighted by molar-refractivity contribution is 5.40. The summed E-state index contributed by atoms with van der Waals surface area (Å²) in [6, 6.07) is 5.53. The Bertz CT molecular complexity index is 446. The van der Waals surface area contributed by atoms with Gasteiger partial charge in [0.25, 0.3) is 0 Å². The Balaban J connectivity index is 1.80. The lowest BCUT2D eigenvalue weighted by atomic mass is 9.98. The molecule has 1 aliphatic heterocycles. The van der Waals surface area contributed by atoms with Gasteiger partial charge >= 0.3 is 0 Å². The largest absolute Gasteiger partial charge is 0.504 e. The van der Waals surface area contributed by atoms with Crippen molar-refractivity contribution in [2.24, 2.45) is 0 Å². The van der Waals surface area contributed by atoms with Gasteiger partial charge in [-0.2, -0.15) is 0 Å². The number of likely N-dealkylation sites (tertiary alicyclic amines) is 1. The molecule has 3 N–H and O–H groups in total. The second-order valence-corrected chi connectivity index (χ2v) is 6.64. The van der Waals surface area contributed by atoms with Gasteiger partial charge in [-0.15, -0.1) is 0 Å². The van der Waals surface area contributed by atoms with Crippen molar-refractivity contribution in [3.8, 4) is 11.5 Å². The van der Waals surface area contributed by atoms with Crippen molar-refractivity contribution in [1.29, 1.82) is 0 Å². The monoisotopic (exact) mass is 278 g/mol. The molecule has 20 heavy (non-hydrogen) atoms. The molecule has 112 valence electrons. The molecule has 4 nitrogen and oxygen atoms in total. The van der Waals surface area contributed by atoms with Gasteiger partial charge in [0.2, 0.25) is 0 Å². The van der Waals surface area contributed by atoms with Crippen LogP contribution < -0.4 is 5.32 Å². The third-order valence-corrected chi connectivity index (χ3v) is 4.08. The van der Waals surface area contributed by atoms with Gasteiger partial charge in [-0.25, -0.2) is 0 Å². The summed E-state index contributed by atoms with van der Waals surface area (Å²) in [5.74, 6) is -0.112. The lowest BCUT2D eigenvalue weighted by Crippen LogP contribution is -2.49. The second-order valence-electron chi connectivity index (χ2n) is 6.64. The molecule has 1 aromatic carbocycles. The zero-order valence-electron chi connectivity index (χ0n) is 12.7. The maximum absolute atomic E-state index is 9.48. The van der Waals surface area contributed by atoms with Gasteiger partial charge in [-0.1, -0.05) is 6.07 Å². The minimum absolute atomic E-state index is 0.0492. The van der Waals surface area contributed by atoms with E-state index in [1.165, 1.54) is 6.07 Å². The lowest BCUT2D eigenvalue weighted by molar-refractivity contribution is 0.0960. The van der Waals surface area contributed by atoms with Gasteiger partial charge in [0, 0.05) is 31.2 Å². The molecule has 0 unspecified atom stereocenters. The molecule has 1 saturated heterocycles. The number of benzene rings is 1. The summed E-state index contributed by atoms with van der Waals surface area (Å²) in [5, 5.41) is 22.3. The van der Waals surface area contributed by atoms with Crippen LogP contribution in [0.2, 0.25) is 0 Å². The topological polar surface area (TPSA) is 55.7 Å². The minimum Gasteiger partial charge on any atom is -0.504 e. The number of phenolic OH excluding ortho intramolecular Hbond substituents is 2. The average molecular weight is 278 g/mol. The van der Waals surface area contributed by atoms with E-state index >= 15 is 0 Å². The Morgan fingerprint density at radius 3 is 2.35 bits per heavy atom. The number of nitrogens with one attached hydrogen (secondary N) is 1. The standard InChI is InChI=1S/C16H26N2O2/c1-16(2,3)18-8-6-13(7-9-18)17-11-12-4-5-14(19)15(20)10-12/h4-5,10,13,17,19-20H,6-9,11H2,1-3H3. The first-order valence-corrected chi connectivity index (χ1v) is 7.35. The molecular formula is C16H26N2O2. The van der Waals surface area contributed by atoms with Crippen molar-refractivity contribution in [2.45, 2.75) is 51.7 Å². The zero-order valence-corrected chi connectivity index (χ0v) is 12.7. The predicted octanol–water partition coefficient (Wildman–Crippen LogP) is 2.45. The quantitative estimate of drug-likeness (QED) is 0.743. The molecule has 0 aromatic heterocycles. The molecule has 1 fully saturated rings. The SMILES string of the molecule is CC(C)(C)N1CCC(NCc2ccc(O)c(O)c2)CC1. The molecular weight excluding hydrogens is 252 g/mol. The number of aromatic hydroxyl groups is 2. The number of hydrogen-bond acceptors (Lipinski definition) is 4. The van der Waals surface area contributed by atoms with Crippen molar-refractivity contribution in [1.82, 2.24) is 10.2 Å². The fraction of sp³-hybridized carbons (Fsp3) is 0.625. The van der Waals surface area contributed by atoms with Crippen LogP contribution in [0, 0.1) is 0 Å². The Morgan fingerprint density at radius 2 is 1.80 bits per heavy atom. The van der Waals surface area contributed by atoms with Crippen molar-refractivity contribution >= 4 is 0 Å². The van der Waals surface area contributed by atoms with Gasteiger partial charge < -0.3 is 15.5 Å². The van der Waals surface area contributed by atoms with Crippen LogP contribution in [0.5, 0.6) is 11.5 Å². The highest BCUT2D eigenvalue weighted by atomic mass is 16.3. The third kappa shape index (κ3) is 3.87. The highest BCUT2D eigenvalue weighted by Gasteiger charge is 2.26. The molecule has 0 atom stereocenters. The Kier molecular flexibility index (Phi) is 4.55. The van der Waals surface area contributed by atoms with E-state index in [0.29, 0.717) is 6.04 Å². The number of hydrogen-bond donors (Lipinski definition) is 3. The van der Waals surface area contributed by atoms with Crippen LogP contribution in [-0.4, -0.2) is 39.8 Å². The van der Waals surface area contributed by atoms with Gasteiger partial charge in [-0.05, 0) is 51.3 Å². The Hall–Kier alpha value is -1.26. The first-order chi connectivity index (χ1) is 9.36. The molecule has 0 radical (unpaired) electrons. The van der Waals surface area contributed by atoms with Crippen molar-refractivity contribution in [3.63, 3.8) is 0 Å². The maximum atomic E-state index is 9.48. The van der Waals surface area contributed by atoms with E-state index in [9.17, 15) is 10.2 Å². The molecule has 0 spiro atoms. The Labute approximate surface area is 121 Å². The van der Waals surface area contributed by atoms with Gasteiger partial charge in [0.15, 0.2) is 11.5 Å². The third-order valence-electron chi connectivity index (χ3n) is 4.08. The van der Waals surface area contributed by atoms with Crippen LogP contribution in [-0.2, 0) is 6.54 Å². The summed E-state index contributed by atoms with van der Waals surface area (Å²) in [5.41, 5.74) is 1.26. The predicted molar refractivity (Wildman–Crippen MR) is 81.0 cm³/mol. The van der Waals surface area contributed by atoms with Crippen molar-refractivity contribution in [3.05, 3.63) is 23.8 Å². The summed E-state index contributed by atoms with van der Waals surface area (Å²) in [7, 11) is 0. The van der Waals surface area contributed by atoms with E-state index in [2.05, 4.69) is 31.0 Å². The lowest BCUT2D eigenvalue weighted by Gasteiger charge is -2.41. The van der Waals surface area contributed by atoms with Crippen LogP contribution in [0.3, 0.4) is 0 Å². The molecule has 0 bridgehead atoms. The first-order valence-electron chi connectivity index (χ1n) is 7.35. The first kappa shape index (κ1) is 15.1. The summed E-state index contributed by atoms with van der Waals surface area (Å²) < 4.78 is 0. The molecule has 1 heterocycles. The summed E-state index contributed by atoms with van der Waals surface area (Å²) in [6.07, 6.45) is 2.31. The fourth-order valence-corrected chi connectivity index (χ4v) is 2.70. The molecule has 2 rings (SSSR count). The van der Waals surface area contributed by atoms with Crippen LogP contribution in [0.4, 0.5) is 0 Å². The highest BCUT2D eigenvalue weighted by Crippen LogP contribution is 2.25. The molecule has 4 heteroatoms. The van der Waals surface area contributed by atoms with Crippen molar-refractivity contribution < 1.29 is 10.2 Å². The van der Waals surface area contributed by atoms with Crippen LogP contribution >= 0.6 is 0 Å². The maximum Gasteiger partial charge on any atom is 0.157 e. The van der Waals surface area contributed by atoms with E-state index in [0.717, 1.165) is 38.0 Å². The molecule has 0 saturated carbocycles. The van der Waals surface area contributed by atoms with E-state index in [-0.39, 0.29) is 17.0 Å². The molecule has 1 aliphatic rings. The molecule has 0 aliphatic carbocycles. The average Bonchev–Trinajstić information content (AvgIpc) is 2.40. The van der Waals surface area contributed by atoms with E-state index < -0.39 is 0 Å². The second kappa shape index (κ2) is 6.02. The molecule has 1 aromatic rings. The van der Waals surface area contributed by atoms with Crippen molar-refractivity contribution in [2.75, 3.05) is 13.1 Å². The van der Waals surface area contributed by atoms with Crippen LogP contribution in [0.15, 0.2) is 18.2 Å². The summed E-state index contributed by atoms with van der Waals surface area (Å²) in [6.45, 7) is 9.78. The minimum atomic E-state index is -0.0627. The smallest absolute Gasteiger partial charge is 0.157 e. The number of nitrogens with zero attached hydrogens (tertiary/aromatic N) is 1. The Morgan fingerprint density at radius 1 is 1.15 bits per heavy atom. The van der Waals surface area contributed by atoms with Gasteiger partial charge in [0.05, 0.1) is 0 Å². The normalized spacial score (nSPS) is 18.4. The van der Waals surface area contributed by atoms with Crippen LogP contribution in [0.1, 0.15) is 39.2 Å².